The Balaban J connectivity index is 2.96. The van der Waals surface area contributed by atoms with Gasteiger partial charge in [0, 0.05) is 12.6 Å². The molecule has 3 nitrogen and oxygen atoms in total. The lowest BCUT2D eigenvalue weighted by Crippen LogP contribution is -2.14. The lowest BCUT2D eigenvalue weighted by molar-refractivity contribution is -0.0746. The fourth-order valence-electron chi connectivity index (χ4n) is 0.818. The number of aromatic nitrogens is 1. The average molecular weight is 174 g/mol. The van der Waals surface area contributed by atoms with Crippen molar-refractivity contribution in [2.24, 2.45) is 0 Å². The highest BCUT2D eigenvalue weighted by Crippen LogP contribution is 2.11. The van der Waals surface area contributed by atoms with Crippen molar-refractivity contribution in [3.05, 3.63) is 29.6 Å². The first-order valence-corrected chi connectivity index (χ1v) is 3.29. The van der Waals surface area contributed by atoms with Crippen LogP contribution < -0.4 is 0 Å². The molecule has 12 heavy (non-hydrogen) atoms. The van der Waals surface area contributed by atoms with Crippen LogP contribution in [-0.2, 0) is 6.54 Å². The summed E-state index contributed by atoms with van der Waals surface area (Å²) in [6.45, 7) is -0.194. The molecule has 1 aromatic heterocycles. The monoisotopic (exact) mass is 174 g/mol. The molecular weight excluding hydrogens is 166 g/mol. The Hall–Kier alpha value is -1.07. The van der Waals surface area contributed by atoms with Gasteiger partial charge in [0.25, 0.3) is 0 Å². The van der Waals surface area contributed by atoms with Gasteiger partial charge in [-0.2, -0.15) is 5.06 Å². The van der Waals surface area contributed by atoms with Crippen molar-refractivity contribution >= 4 is 0 Å². The van der Waals surface area contributed by atoms with Gasteiger partial charge in [-0.15, -0.1) is 0 Å². The van der Waals surface area contributed by atoms with E-state index >= 15 is 0 Å². The maximum Gasteiger partial charge on any atom is 0.148 e. The number of hydrogen-bond acceptors (Lipinski definition) is 3. The fraction of sp³-hybridized carbons (Fsp3) is 0.286. The Labute approximate surface area is 68.2 Å². The number of nitrogens with zero attached hydrogens (tertiary/aromatic N) is 2. The van der Waals surface area contributed by atoms with Crippen molar-refractivity contribution in [3.8, 4) is 0 Å². The van der Waals surface area contributed by atoms with E-state index in [0.29, 0.717) is 5.06 Å². The molecule has 0 bridgehead atoms. The van der Waals surface area contributed by atoms with Gasteiger partial charge in [0.15, 0.2) is 0 Å². The Morgan fingerprint density at radius 1 is 1.42 bits per heavy atom. The largest absolute Gasteiger partial charge is 0.314 e. The van der Waals surface area contributed by atoms with Crippen LogP contribution in [0.1, 0.15) is 5.56 Å². The fourth-order valence-corrected chi connectivity index (χ4v) is 0.818. The van der Waals surface area contributed by atoms with Gasteiger partial charge in [0.2, 0.25) is 0 Å². The minimum Gasteiger partial charge on any atom is -0.314 e. The summed E-state index contributed by atoms with van der Waals surface area (Å²) in [4.78, 5) is 3.30. The molecule has 0 aliphatic rings. The molecule has 0 aromatic carbocycles. The molecule has 5 heteroatoms. The maximum absolute atomic E-state index is 12.8. The second-order valence-corrected chi connectivity index (χ2v) is 2.40. The van der Waals surface area contributed by atoms with E-state index < -0.39 is 11.6 Å². The highest BCUT2D eigenvalue weighted by molar-refractivity contribution is 5.14. The van der Waals surface area contributed by atoms with E-state index in [1.54, 1.807) is 0 Å². The summed E-state index contributed by atoms with van der Waals surface area (Å²) in [6, 6.07) is 0. The van der Waals surface area contributed by atoms with Crippen LogP contribution in [0, 0.1) is 11.6 Å². The molecule has 66 valence electrons. The van der Waals surface area contributed by atoms with E-state index in [2.05, 4.69) is 4.98 Å². The Morgan fingerprint density at radius 2 is 1.92 bits per heavy atom. The average Bonchev–Trinajstić information content (AvgIpc) is 1.97. The van der Waals surface area contributed by atoms with E-state index in [1.165, 1.54) is 7.05 Å². The Morgan fingerprint density at radius 3 is 2.33 bits per heavy atom. The first-order chi connectivity index (χ1) is 5.61. The van der Waals surface area contributed by atoms with Gasteiger partial charge in [-0.25, -0.2) is 8.78 Å². The second kappa shape index (κ2) is 3.55. The first kappa shape index (κ1) is 9.02. The Bertz CT molecular complexity index is 258. The van der Waals surface area contributed by atoms with Crippen LogP contribution in [0.2, 0.25) is 0 Å². The smallest absolute Gasteiger partial charge is 0.148 e. The van der Waals surface area contributed by atoms with Crippen LogP contribution in [0.3, 0.4) is 0 Å². The molecule has 0 saturated carbocycles. The third-order valence-corrected chi connectivity index (χ3v) is 1.34. The lowest BCUT2D eigenvalue weighted by atomic mass is 10.2. The third kappa shape index (κ3) is 1.96. The molecule has 1 heterocycles. The van der Waals surface area contributed by atoms with E-state index in [4.69, 9.17) is 5.21 Å². The van der Waals surface area contributed by atoms with Gasteiger partial charge in [0.05, 0.1) is 18.9 Å². The molecule has 0 saturated heterocycles. The Kier molecular flexibility index (Phi) is 2.67. The van der Waals surface area contributed by atoms with Gasteiger partial charge in [-0.05, 0) is 0 Å². The van der Waals surface area contributed by atoms with Crippen molar-refractivity contribution in [2.45, 2.75) is 6.54 Å². The number of halogens is 2. The number of hydroxylamine groups is 2. The highest BCUT2D eigenvalue weighted by atomic mass is 19.1. The van der Waals surface area contributed by atoms with Crippen LogP contribution in [-0.4, -0.2) is 22.3 Å². The molecule has 0 aliphatic heterocycles. The molecule has 0 atom stereocenters. The van der Waals surface area contributed by atoms with E-state index in [-0.39, 0.29) is 12.1 Å². The highest BCUT2D eigenvalue weighted by Gasteiger charge is 2.09. The van der Waals surface area contributed by atoms with Gasteiger partial charge < -0.3 is 5.21 Å². The zero-order chi connectivity index (χ0) is 9.14. The van der Waals surface area contributed by atoms with E-state index in [1.807, 2.05) is 0 Å². The van der Waals surface area contributed by atoms with Crippen LogP contribution in [0.15, 0.2) is 12.4 Å². The summed E-state index contributed by atoms with van der Waals surface area (Å²) < 4.78 is 25.5. The van der Waals surface area contributed by atoms with Crippen LogP contribution in [0.25, 0.3) is 0 Å². The number of pyridine rings is 1. The zero-order valence-electron chi connectivity index (χ0n) is 6.46. The van der Waals surface area contributed by atoms with Crippen molar-refractivity contribution in [2.75, 3.05) is 7.05 Å². The molecule has 1 rings (SSSR count). The van der Waals surface area contributed by atoms with Crippen LogP contribution in [0.4, 0.5) is 8.78 Å². The molecule has 1 aromatic rings. The number of hydrogen-bond donors (Lipinski definition) is 1. The summed E-state index contributed by atoms with van der Waals surface area (Å²) >= 11 is 0. The van der Waals surface area contributed by atoms with Gasteiger partial charge in [-0.1, -0.05) is 0 Å². The maximum atomic E-state index is 12.8. The van der Waals surface area contributed by atoms with Crippen LogP contribution >= 0.6 is 0 Å². The van der Waals surface area contributed by atoms with E-state index in [9.17, 15) is 8.78 Å². The topological polar surface area (TPSA) is 36.4 Å². The summed E-state index contributed by atoms with van der Waals surface area (Å²) in [5, 5.41) is 9.43. The number of rotatable bonds is 2. The summed E-state index contributed by atoms with van der Waals surface area (Å²) in [7, 11) is 1.30. The van der Waals surface area contributed by atoms with Gasteiger partial charge in [0.1, 0.15) is 11.6 Å². The van der Waals surface area contributed by atoms with Crippen molar-refractivity contribution in [3.63, 3.8) is 0 Å². The third-order valence-electron chi connectivity index (χ3n) is 1.34. The quantitative estimate of drug-likeness (QED) is 0.684. The minimum absolute atomic E-state index is 0.185. The standard InChI is InChI=1S/C7H8F2N2O/c1-11(12)4-5-6(8)2-10-3-7(5)9/h2-3,12H,4H2,1H3. The molecule has 0 aliphatic carbocycles. The van der Waals surface area contributed by atoms with Crippen molar-refractivity contribution < 1.29 is 14.0 Å². The summed E-state index contributed by atoms with van der Waals surface area (Å²) in [5.41, 5.74) is -0.185. The van der Waals surface area contributed by atoms with Gasteiger partial charge in [-0.3, -0.25) is 4.98 Å². The minimum atomic E-state index is -0.754. The second-order valence-electron chi connectivity index (χ2n) is 2.40. The predicted octanol–water partition coefficient (Wildman–Crippen LogP) is 1.18. The molecule has 0 amide bonds. The van der Waals surface area contributed by atoms with E-state index in [0.717, 1.165) is 12.4 Å². The molecule has 0 unspecified atom stereocenters. The normalized spacial score (nSPS) is 10.8. The summed E-state index contributed by atoms with van der Waals surface area (Å²) in [6.07, 6.45) is 1.81. The predicted molar refractivity (Wildman–Crippen MR) is 37.4 cm³/mol. The molecule has 0 spiro atoms. The summed E-state index contributed by atoms with van der Waals surface area (Å²) in [5.74, 6) is -1.51. The SMILES string of the molecule is CN(O)Cc1c(F)cncc1F. The van der Waals surface area contributed by atoms with Crippen molar-refractivity contribution in [1.82, 2.24) is 10.0 Å². The first-order valence-electron chi connectivity index (χ1n) is 3.29. The molecular formula is C7H8F2N2O. The molecule has 0 radical (unpaired) electrons. The molecule has 1 N–H and O–H groups in total. The molecule has 0 fully saturated rings. The lowest BCUT2D eigenvalue weighted by Gasteiger charge is -2.08. The zero-order valence-corrected chi connectivity index (χ0v) is 6.46. The van der Waals surface area contributed by atoms with Crippen LogP contribution in [0.5, 0.6) is 0 Å². The van der Waals surface area contributed by atoms with Crippen molar-refractivity contribution in [1.29, 1.82) is 0 Å². The van der Waals surface area contributed by atoms with Gasteiger partial charge >= 0.3 is 0 Å².